The highest BCUT2D eigenvalue weighted by Gasteiger charge is 2.30. The van der Waals surface area contributed by atoms with Gasteiger partial charge in [-0.1, -0.05) is 5.16 Å². The van der Waals surface area contributed by atoms with Gasteiger partial charge in [-0.05, 0) is 13.8 Å². The van der Waals surface area contributed by atoms with Crippen molar-refractivity contribution >= 4 is 29.7 Å². The third-order valence-electron chi connectivity index (χ3n) is 3.26. The third kappa shape index (κ3) is 5.48. The number of nitrogens with one attached hydrogen (secondary N) is 2. The Balaban J connectivity index is 1.89. The standard InChI is InChI=1S/C15H20N4O6S/c1-4-23-14(21)13-8(2)16-15(22)18-10(13)5-24-12(20)7-26-6-11-17-9(3)25-19-11/h8H,4-7H2,1-3H3,(H2,16,18,22). The Morgan fingerprint density at radius 1 is 1.35 bits per heavy atom. The van der Waals surface area contributed by atoms with Crippen molar-refractivity contribution in [3.05, 3.63) is 23.0 Å². The molecule has 1 atom stereocenters. The number of rotatable bonds is 8. The van der Waals surface area contributed by atoms with Gasteiger partial charge in [0.05, 0.1) is 35.4 Å². The van der Waals surface area contributed by atoms with Gasteiger partial charge in [0.25, 0.3) is 0 Å². The highest BCUT2D eigenvalue weighted by atomic mass is 32.2. The number of carbonyl (C=O) groups is 3. The Labute approximate surface area is 154 Å². The van der Waals surface area contributed by atoms with Crippen molar-refractivity contribution in [2.24, 2.45) is 0 Å². The van der Waals surface area contributed by atoms with Crippen molar-refractivity contribution < 1.29 is 28.4 Å². The second kappa shape index (κ2) is 9.22. The molecular formula is C15H20N4O6S. The van der Waals surface area contributed by atoms with Gasteiger partial charge in [0.1, 0.15) is 6.61 Å². The number of aryl methyl sites for hydroxylation is 1. The minimum absolute atomic E-state index is 0.0668. The Bertz CT molecular complexity index is 717. The molecule has 0 bridgehead atoms. The molecule has 0 aliphatic carbocycles. The molecule has 2 rings (SSSR count). The van der Waals surface area contributed by atoms with Crippen LogP contribution in [0.15, 0.2) is 15.8 Å². The lowest BCUT2D eigenvalue weighted by molar-refractivity contribution is -0.141. The molecule has 142 valence electrons. The normalized spacial score (nSPS) is 16.7. The van der Waals surface area contributed by atoms with E-state index in [0.717, 1.165) is 0 Å². The number of ether oxygens (including phenoxy) is 2. The molecule has 1 aliphatic heterocycles. The van der Waals surface area contributed by atoms with Crippen LogP contribution in [0.2, 0.25) is 0 Å². The number of carbonyl (C=O) groups excluding carboxylic acids is 3. The molecule has 10 nitrogen and oxygen atoms in total. The van der Waals surface area contributed by atoms with Crippen molar-refractivity contribution in [2.45, 2.75) is 32.6 Å². The molecule has 1 unspecified atom stereocenters. The molecular weight excluding hydrogens is 364 g/mol. The van der Waals surface area contributed by atoms with Crippen LogP contribution in [0.25, 0.3) is 0 Å². The molecule has 2 N–H and O–H groups in total. The molecule has 0 aromatic carbocycles. The van der Waals surface area contributed by atoms with Gasteiger partial charge in [-0.25, -0.2) is 9.59 Å². The number of aromatic nitrogens is 2. The van der Waals surface area contributed by atoms with E-state index in [-0.39, 0.29) is 30.2 Å². The Hall–Kier alpha value is -2.56. The number of amides is 2. The Kier molecular flexibility index (Phi) is 7.01. The van der Waals surface area contributed by atoms with Crippen LogP contribution in [-0.4, -0.2) is 53.1 Å². The van der Waals surface area contributed by atoms with Crippen LogP contribution in [-0.2, 0) is 24.8 Å². The second-order valence-corrected chi connectivity index (χ2v) is 6.30. The van der Waals surface area contributed by atoms with Gasteiger partial charge in [-0.2, -0.15) is 4.98 Å². The molecule has 1 aromatic rings. The van der Waals surface area contributed by atoms with Gasteiger partial charge in [0, 0.05) is 6.92 Å². The summed E-state index contributed by atoms with van der Waals surface area (Å²) in [6.07, 6.45) is 0. The van der Waals surface area contributed by atoms with Gasteiger partial charge in [-0.3, -0.25) is 4.79 Å². The van der Waals surface area contributed by atoms with Crippen LogP contribution in [0.4, 0.5) is 4.79 Å². The summed E-state index contributed by atoms with van der Waals surface area (Å²) in [6, 6.07) is -1.02. The van der Waals surface area contributed by atoms with E-state index < -0.39 is 24.0 Å². The number of urea groups is 1. The second-order valence-electron chi connectivity index (χ2n) is 5.32. The number of nitrogens with zero attached hydrogens (tertiary/aromatic N) is 2. The first kappa shape index (κ1) is 19.8. The molecule has 1 aliphatic rings. The fourth-order valence-corrected chi connectivity index (χ4v) is 2.87. The fraction of sp³-hybridized carbons (Fsp3) is 0.533. The summed E-state index contributed by atoms with van der Waals surface area (Å²) in [7, 11) is 0. The predicted octanol–water partition coefficient (Wildman–Crippen LogP) is 0.673. The number of esters is 2. The lowest BCUT2D eigenvalue weighted by atomic mass is 10.0. The van der Waals surface area contributed by atoms with E-state index in [4.69, 9.17) is 14.0 Å². The molecule has 26 heavy (non-hydrogen) atoms. The van der Waals surface area contributed by atoms with E-state index in [1.807, 2.05) is 0 Å². The Morgan fingerprint density at radius 2 is 2.12 bits per heavy atom. The quantitative estimate of drug-likeness (QED) is 0.620. The summed E-state index contributed by atoms with van der Waals surface area (Å²) < 4.78 is 15.0. The molecule has 0 spiro atoms. The molecule has 0 radical (unpaired) electrons. The van der Waals surface area contributed by atoms with Crippen molar-refractivity contribution in [1.82, 2.24) is 20.8 Å². The van der Waals surface area contributed by atoms with Crippen LogP contribution >= 0.6 is 11.8 Å². The van der Waals surface area contributed by atoms with Gasteiger partial charge in [0.2, 0.25) is 5.89 Å². The van der Waals surface area contributed by atoms with Gasteiger partial charge in [0.15, 0.2) is 5.82 Å². The van der Waals surface area contributed by atoms with E-state index in [1.165, 1.54) is 11.8 Å². The maximum atomic E-state index is 12.1. The maximum Gasteiger partial charge on any atom is 0.338 e. The summed E-state index contributed by atoms with van der Waals surface area (Å²) in [5.74, 6) is 0.356. The zero-order chi connectivity index (χ0) is 19.1. The summed E-state index contributed by atoms with van der Waals surface area (Å²) in [4.78, 5) is 39.6. The number of hydrogen-bond donors (Lipinski definition) is 2. The number of hydrogen-bond acceptors (Lipinski definition) is 9. The minimum Gasteiger partial charge on any atom is -0.463 e. The monoisotopic (exact) mass is 384 g/mol. The van der Waals surface area contributed by atoms with Gasteiger partial charge in [-0.15, -0.1) is 11.8 Å². The molecule has 11 heteroatoms. The average Bonchev–Trinajstić information content (AvgIpc) is 2.98. The first-order valence-corrected chi connectivity index (χ1v) is 9.06. The van der Waals surface area contributed by atoms with Gasteiger partial charge >= 0.3 is 18.0 Å². The first-order valence-electron chi connectivity index (χ1n) is 7.91. The van der Waals surface area contributed by atoms with Crippen LogP contribution in [0.1, 0.15) is 25.6 Å². The van der Waals surface area contributed by atoms with Gasteiger partial charge < -0.3 is 24.6 Å². The molecule has 0 fully saturated rings. The van der Waals surface area contributed by atoms with Crippen molar-refractivity contribution in [3.63, 3.8) is 0 Å². The predicted molar refractivity (Wildman–Crippen MR) is 90.9 cm³/mol. The summed E-state index contributed by atoms with van der Waals surface area (Å²) in [5.41, 5.74) is 0.445. The molecule has 2 amide bonds. The molecule has 1 aromatic heterocycles. The van der Waals surface area contributed by atoms with Crippen LogP contribution in [0.5, 0.6) is 0 Å². The topological polar surface area (TPSA) is 133 Å². The van der Waals surface area contributed by atoms with Crippen molar-refractivity contribution in [3.8, 4) is 0 Å². The zero-order valence-corrected chi connectivity index (χ0v) is 15.5. The van der Waals surface area contributed by atoms with E-state index >= 15 is 0 Å². The lowest BCUT2D eigenvalue weighted by Crippen LogP contribution is -2.50. The van der Waals surface area contributed by atoms with Crippen LogP contribution in [0.3, 0.4) is 0 Å². The van der Waals surface area contributed by atoms with Crippen LogP contribution < -0.4 is 10.6 Å². The highest BCUT2D eigenvalue weighted by Crippen LogP contribution is 2.15. The largest absolute Gasteiger partial charge is 0.463 e. The minimum atomic E-state index is -0.569. The van der Waals surface area contributed by atoms with E-state index in [1.54, 1.807) is 20.8 Å². The highest BCUT2D eigenvalue weighted by molar-refractivity contribution is 7.99. The van der Waals surface area contributed by atoms with Crippen LogP contribution in [0, 0.1) is 6.92 Å². The van der Waals surface area contributed by atoms with Crippen molar-refractivity contribution in [1.29, 1.82) is 0 Å². The maximum absolute atomic E-state index is 12.1. The summed E-state index contributed by atoms with van der Waals surface area (Å²) >= 11 is 1.26. The lowest BCUT2D eigenvalue weighted by Gasteiger charge is -2.26. The van der Waals surface area contributed by atoms with E-state index in [2.05, 4.69) is 20.8 Å². The smallest absolute Gasteiger partial charge is 0.338 e. The third-order valence-corrected chi connectivity index (χ3v) is 4.17. The first-order chi connectivity index (χ1) is 12.4. The fourth-order valence-electron chi connectivity index (χ4n) is 2.21. The zero-order valence-electron chi connectivity index (χ0n) is 14.7. The summed E-state index contributed by atoms with van der Waals surface area (Å²) in [5, 5.41) is 8.78. The number of thioether (sulfide) groups is 1. The van der Waals surface area contributed by atoms with E-state index in [0.29, 0.717) is 17.5 Å². The van der Waals surface area contributed by atoms with E-state index in [9.17, 15) is 14.4 Å². The Morgan fingerprint density at radius 3 is 2.77 bits per heavy atom. The van der Waals surface area contributed by atoms with Crippen molar-refractivity contribution in [2.75, 3.05) is 19.0 Å². The molecule has 0 saturated heterocycles. The average molecular weight is 384 g/mol. The SMILES string of the molecule is CCOC(=O)C1=C(COC(=O)CSCc2noc(C)n2)NC(=O)NC1C. The molecule has 2 heterocycles. The molecule has 0 saturated carbocycles. The summed E-state index contributed by atoms with van der Waals surface area (Å²) in [6.45, 7) is 4.98.